The molecule has 1 heterocycles. The maximum Gasteiger partial charge on any atom is 0.254 e. The molecule has 0 bridgehead atoms. The van der Waals surface area contributed by atoms with E-state index in [4.69, 9.17) is 0 Å². The molecule has 0 saturated heterocycles. The zero-order valence-electron chi connectivity index (χ0n) is 8.22. The number of aromatic nitrogens is 1. The lowest BCUT2D eigenvalue weighted by molar-refractivity contribution is 0.466. The molecule has 1 aromatic heterocycles. The van der Waals surface area contributed by atoms with Crippen LogP contribution in [-0.4, -0.2) is 10.1 Å². The molecule has 13 heavy (non-hydrogen) atoms. The fraction of sp³-hybridized carbons (Fsp3) is 0.500. The van der Waals surface area contributed by atoms with Gasteiger partial charge in [0.15, 0.2) is 0 Å². The van der Waals surface area contributed by atoms with Crippen LogP contribution in [0.2, 0.25) is 0 Å². The summed E-state index contributed by atoms with van der Waals surface area (Å²) in [6, 6.07) is 1.63. The summed E-state index contributed by atoms with van der Waals surface area (Å²) < 4.78 is 0. The number of H-pyrrole nitrogens is 1. The molecule has 1 aromatic rings. The molecule has 0 aliphatic carbocycles. The van der Waals surface area contributed by atoms with E-state index in [1.807, 2.05) is 13.8 Å². The standard InChI is InChI=1S/C10H15NO2/c1-4-6(2)8-5-9(12)7(3)10(13)11-8/h5-6H,4H2,1-3H3,(H2,11,12,13)/t6-/m1/s1. The van der Waals surface area contributed by atoms with Crippen molar-refractivity contribution in [2.24, 2.45) is 0 Å². The Morgan fingerprint density at radius 1 is 1.62 bits per heavy atom. The van der Waals surface area contributed by atoms with Crippen molar-refractivity contribution < 1.29 is 5.11 Å². The number of aromatic hydroxyl groups is 1. The predicted molar refractivity (Wildman–Crippen MR) is 52.2 cm³/mol. The summed E-state index contributed by atoms with van der Waals surface area (Å²) in [5, 5.41) is 9.41. The Balaban J connectivity index is 3.21. The Morgan fingerprint density at radius 3 is 2.69 bits per heavy atom. The second kappa shape index (κ2) is 3.64. The van der Waals surface area contributed by atoms with E-state index in [2.05, 4.69) is 4.98 Å². The van der Waals surface area contributed by atoms with Crippen molar-refractivity contribution in [3.63, 3.8) is 0 Å². The molecule has 72 valence electrons. The van der Waals surface area contributed by atoms with Crippen LogP contribution in [0.5, 0.6) is 5.75 Å². The summed E-state index contributed by atoms with van der Waals surface area (Å²) in [4.78, 5) is 14.0. The topological polar surface area (TPSA) is 53.1 Å². The van der Waals surface area contributed by atoms with Crippen LogP contribution in [0.1, 0.15) is 37.4 Å². The molecule has 0 fully saturated rings. The van der Waals surface area contributed by atoms with Gasteiger partial charge in [-0.1, -0.05) is 13.8 Å². The maximum absolute atomic E-state index is 11.3. The predicted octanol–water partition coefficient (Wildman–Crippen LogP) is 1.90. The van der Waals surface area contributed by atoms with E-state index in [9.17, 15) is 9.90 Å². The van der Waals surface area contributed by atoms with Gasteiger partial charge in [-0.3, -0.25) is 4.79 Å². The molecule has 0 aliphatic heterocycles. The molecule has 0 amide bonds. The molecule has 0 radical (unpaired) electrons. The molecule has 0 aromatic carbocycles. The van der Waals surface area contributed by atoms with Gasteiger partial charge in [0.05, 0.1) is 5.56 Å². The molecule has 2 N–H and O–H groups in total. The van der Waals surface area contributed by atoms with Gasteiger partial charge in [-0.2, -0.15) is 0 Å². The third-order valence-electron chi connectivity index (χ3n) is 2.42. The van der Waals surface area contributed by atoms with Crippen LogP contribution in [0.25, 0.3) is 0 Å². The van der Waals surface area contributed by atoms with Gasteiger partial charge in [0.2, 0.25) is 0 Å². The van der Waals surface area contributed by atoms with E-state index in [0.717, 1.165) is 12.1 Å². The summed E-state index contributed by atoms with van der Waals surface area (Å²) >= 11 is 0. The van der Waals surface area contributed by atoms with E-state index >= 15 is 0 Å². The molecule has 1 rings (SSSR count). The molecular weight excluding hydrogens is 166 g/mol. The minimum absolute atomic E-state index is 0.0825. The van der Waals surface area contributed by atoms with E-state index in [1.165, 1.54) is 0 Å². The van der Waals surface area contributed by atoms with Crippen molar-refractivity contribution in [3.05, 3.63) is 27.7 Å². The third kappa shape index (κ3) is 1.91. The summed E-state index contributed by atoms with van der Waals surface area (Å²) in [5.41, 5.74) is 0.984. The summed E-state index contributed by atoms with van der Waals surface area (Å²) in [7, 11) is 0. The highest BCUT2D eigenvalue weighted by Crippen LogP contribution is 2.20. The lowest BCUT2D eigenvalue weighted by atomic mass is 10.0. The molecule has 0 aliphatic rings. The SMILES string of the molecule is CC[C@@H](C)c1cc(O)c(C)c(=O)[nH]1. The van der Waals surface area contributed by atoms with E-state index in [-0.39, 0.29) is 17.2 Å². The minimum atomic E-state index is -0.199. The highest BCUT2D eigenvalue weighted by atomic mass is 16.3. The average Bonchev–Trinajstić information content (AvgIpc) is 2.12. The maximum atomic E-state index is 11.3. The van der Waals surface area contributed by atoms with Crippen LogP contribution in [0.15, 0.2) is 10.9 Å². The Labute approximate surface area is 77.4 Å². The Bertz CT molecular complexity index is 354. The third-order valence-corrected chi connectivity index (χ3v) is 2.42. The van der Waals surface area contributed by atoms with Gasteiger partial charge in [0.1, 0.15) is 5.75 Å². The van der Waals surface area contributed by atoms with Crippen LogP contribution < -0.4 is 5.56 Å². The zero-order chi connectivity index (χ0) is 10.0. The van der Waals surface area contributed by atoms with Crippen molar-refractivity contribution in [1.82, 2.24) is 4.98 Å². The highest BCUT2D eigenvalue weighted by Gasteiger charge is 2.08. The van der Waals surface area contributed by atoms with Gasteiger partial charge in [-0.05, 0) is 25.3 Å². The van der Waals surface area contributed by atoms with Crippen molar-refractivity contribution in [2.75, 3.05) is 0 Å². The quantitative estimate of drug-likeness (QED) is 0.732. The first kappa shape index (κ1) is 9.84. The van der Waals surface area contributed by atoms with Gasteiger partial charge < -0.3 is 10.1 Å². The zero-order valence-corrected chi connectivity index (χ0v) is 8.22. The first-order valence-corrected chi connectivity index (χ1v) is 4.49. The molecule has 3 nitrogen and oxygen atoms in total. The molecular formula is C10H15NO2. The van der Waals surface area contributed by atoms with Crippen molar-refractivity contribution >= 4 is 0 Å². The molecule has 0 unspecified atom stereocenters. The smallest absolute Gasteiger partial charge is 0.254 e. The van der Waals surface area contributed by atoms with Gasteiger partial charge in [0, 0.05) is 5.69 Å². The fourth-order valence-corrected chi connectivity index (χ4v) is 1.12. The van der Waals surface area contributed by atoms with Crippen molar-refractivity contribution in [1.29, 1.82) is 0 Å². The second-order valence-electron chi connectivity index (χ2n) is 3.37. The number of aromatic amines is 1. The highest BCUT2D eigenvalue weighted by molar-refractivity contribution is 5.31. The Morgan fingerprint density at radius 2 is 2.23 bits per heavy atom. The van der Waals surface area contributed by atoms with Crippen LogP contribution in [0, 0.1) is 6.92 Å². The van der Waals surface area contributed by atoms with Gasteiger partial charge in [-0.25, -0.2) is 0 Å². The van der Waals surface area contributed by atoms with E-state index in [1.54, 1.807) is 13.0 Å². The largest absolute Gasteiger partial charge is 0.507 e. The molecule has 0 saturated carbocycles. The molecule has 1 atom stereocenters. The van der Waals surface area contributed by atoms with Crippen LogP contribution in [0.4, 0.5) is 0 Å². The van der Waals surface area contributed by atoms with E-state index in [0.29, 0.717) is 5.56 Å². The van der Waals surface area contributed by atoms with Crippen molar-refractivity contribution in [3.8, 4) is 5.75 Å². The number of rotatable bonds is 2. The monoisotopic (exact) mass is 181 g/mol. The average molecular weight is 181 g/mol. The summed E-state index contributed by atoms with van der Waals surface area (Å²) in [6.45, 7) is 5.66. The normalized spacial score (nSPS) is 12.8. The number of hydrogen-bond donors (Lipinski definition) is 2. The first-order valence-electron chi connectivity index (χ1n) is 4.49. The number of nitrogens with one attached hydrogen (secondary N) is 1. The lowest BCUT2D eigenvalue weighted by Gasteiger charge is -2.09. The summed E-state index contributed by atoms with van der Waals surface area (Å²) in [6.07, 6.45) is 0.943. The summed E-state index contributed by atoms with van der Waals surface area (Å²) in [5.74, 6) is 0.359. The number of pyridine rings is 1. The second-order valence-corrected chi connectivity index (χ2v) is 3.37. The fourth-order valence-electron chi connectivity index (χ4n) is 1.12. The number of hydrogen-bond acceptors (Lipinski definition) is 2. The van der Waals surface area contributed by atoms with Crippen LogP contribution in [-0.2, 0) is 0 Å². The van der Waals surface area contributed by atoms with Crippen LogP contribution >= 0.6 is 0 Å². The van der Waals surface area contributed by atoms with Crippen LogP contribution in [0.3, 0.4) is 0 Å². The first-order chi connectivity index (χ1) is 6.06. The lowest BCUT2D eigenvalue weighted by Crippen LogP contribution is -2.13. The molecule has 3 heteroatoms. The van der Waals surface area contributed by atoms with E-state index < -0.39 is 0 Å². The van der Waals surface area contributed by atoms with Gasteiger partial charge in [0.25, 0.3) is 5.56 Å². The van der Waals surface area contributed by atoms with Gasteiger partial charge in [-0.15, -0.1) is 0 Å². The Hall–Kier alpha value is -1.25. The Kier molecular flexibility index (Phi) is 2.76. The van der Waals surface area contributed by atoms with Crippen molar-refractivity contribution in [2.45, 2.75) is 33.1 Å². The minimum Gasteiger partial charge on any atom is -0.507 e. The molecule has 0 spiro atoms. The van der Waals surface area contributed by atoms with Gasteiger partial charge >= 0.3 is 0 Å².